The molecule has 0 spiro atoms. The van der Waals surface area contributed by atoms with Crippen LogP contribution in [0, 0.1) is 0 Å². The number of rotatable bonds is 8. The molecule has 0 saturated carbocycles. The summed E-state index contributed by atoms with van der Waals surface area (Å²) < 4.78 is 7.62. The van der Waals surface area contributed by atoms with Crippen molar-refractivity contribution in [2.45, 2.75) is 17.5 Å². The second-order valence-corrected chi connectivity index (χ2v) is 8.32. The van der Waals surface area contributed by atoms with Crippen LogP contribution in [0.4, 0.5) is 0 Å². The van der Waals surface area contributed by atoms with Gasteiger partial charge in [0.1, 0.15) is 18.7 Å². The van der Waals surface area contributed by atoms with Gasteiger partial charge < -0.3 is 4.74 Å². The maximum absolute atomic E-state index is 6.24. The summed E-state index contributed by atoms with van der Waals surface area (Å²) in [5, 5.41) is 14.8. The third kappa shape index (κ3) is 5.88. The van der Waals surface area contributed by atoms with Crippen LogP contribution in [-0.2, 0) is 12.4 Å². The highest BCUT2D eigenvalue weighted by Gasteiger charge is 2.07. The van der Waals surface area contributed by atoms with Gasteiger partial charge in [0.15, 0.2) is 0 Å². The first-order valence-corrected chi connectivity index (χ1v) is 11.2. The zero-order valence-corrected chi connectivity index (χ0v) is 18.7. The molecule has 0 radical (unpaired) electrons. The summed E-state index contributed by atoms with van der Waals surface area (Å²) in [6.07, 6.45) is 3.31. The Bertz CT molecular complexity index is 1180. The molecule has 0 fully saturated rings. The van der Waals surface area contributed by atoms with Crippen molar-refractivity contribution in [3.63, 3.8) is 0 Å². The lowest BCUT2D eigenvalue weighted by Gasteiger charge is -2.09. The smallest absolute Gasteiger partial charge is 0.212 e. The van der Waals surface area contributed by atoms with E-state index in [1.807, 2.05) is 72.8 Å². The van der Waals surface area contributed by atoms with Crippen LogP contribution in [0.5, 0.6) is 5.75 Å². The average molecular weight is 469 g/mol. The number of benzene rings is 3. The highest BCUT2D eigenvalue weighted by atomic mass is 35.5. The molecule has 3 aromatic carbocycles. The molecule has 5 nitrogen and oxygen atoms in total. The Morgan fingerprint density at radius 3 is 2.58 bits per heavy atom. The van der Waals surface area contributed by atoms with Crippen LogP contribution in [0.2, 0.25) is 10.0 Å². The fourth-order valence-corrected chi connectivity index (χ4v) is 4.01. The molecular formula is C23H18Cl2N4OS. The van der Waals surface area contributed by atoms with Gasteiger partial charge in [0.2, 0.25) is 5.16 Å². The number of para-hydroxylation sites is 1. The Morgan fingerprint density at radius 1 is 0.968 bits per heavy atom. The minimum absolute atomic E-state index is 0.438. The van der Waals surface area contributed by atoms with E-state index in [4.69, 9.17) is 27.9 Å². The fourth-order valence-electron chi connectivity index (χ4n) is 2.74. The maximum atomic E-state index is 6.24. The maximum Gasteiger partial charge on any atom is 0.212 e. The van der Waals surface area contributed by atoms with Crippen LogP contribution in [-0.4, -0.2) is 21.1 Å². The zero-order valence-electron chi connectivity index (χ0n) is 16.4. The van der Waals surface area contributed by atoms with Crippen LogP contribution >= 0.6 is 35.0 Å². The molecule has 8 heteroatoms. The third-order valence-corrected chi connectivity index (χ3v) is 5.97. The summed E-state index contributed by atoms with van der Waals surface area (Å²) in [5.74, 6) is 1.41. The van der Waals surface area contributed by atoms with Crippen molar-refractivity contribution >= 4 is 41.2 Å². The summed E-state index contributed by atoms with van der Waals surface area (Å²) in [6.45, 7) is 0.438. The second kappa shape index (κ2) is 10.5. The van der Waals surface area contributed by atoms with Crippen molar-refractivity contribution in [3.05, 3.63) is 106 Å². The molecule has 156 valence electrons. The Morgan fingerprint density at radius 2 is 1.74 bits per heavy atom. The van der Waals surface area contributed by atoms with Crippen LogP contribution in [0.25, 0.3) is 0 Å². The van der Waals surface area contributed by atoms with Gasteiger partial charge in [-0.25, -0.2) is 0 Å². The number of hydrogen-bond donors (Lipinski definition) is 0. The van der Waals surface area contributed by atoms with Gasteiger partial charge >= 0.3 is 0 Å². The fraction of sp³-hybridized carbons (Fsp3) is 0.0870. The van der Waals surface area contributed by atoms with Gasteiger partial charge in [-0.3, -0.25) is 0 Å². The Labute approximate surface area is 194 Å². The molecule has 0 amide bonds. The van der Waals surface area contributed by atoms with Crippen molar-refractivity contribution in [2.24, 2.45) is 5.10 Å². The summed E-state index contributed by atoms with van der Waals surface area (Å²) in [5.41, 5.74) is 2.93. The van der Waals surface area contributed by atoms with Crippen LogP contribution in [0.3, 0.4) is 0 Å². The molecule has 0 aliphatic carbocycles. The molecule has 1 heterocycles. The quantitative estimate of drug-likeness (QED) is 0.223. The molecule has 0 bridgehead atoms. The molecule has 1 aromatic heterocycles. The molecule has 0 saturated heterocycles. The highest BCUT2D eigenvalue weighted by Crippen LogP contribution is 2.25. The Hall–Kier alpha value is -2.80. The topological polar surface area (TPSA) is 52.3 Å². The lowest BCUT2D eigenvalue weighted by atomic mass is 10.2. The van der Waals surface area contributed by atoms with Gasteiger partial charge in [-0.1, -0.05) is 77.4 Å². The predicted molar refractivity (Wildman–Crippen MR) is 126 cm³/mol. The van der Waals surface area contributed by atoms with E-state index >= 15 is 0 Å². The average Bonchev–Trinajstić information content (AvgIpc) is 3.25. The van der Waals surface area contributed by atoms with Crippen molar-refractivity contribution in [1.29, 1.82) is 0 Å². The third-order valence-electron chi connectivity index (χ3n) is 4.36. The van der Waals surface area contributed by atoms with Crippen molar-refractivity contribution < 1.29 is 4.74 Å². The van der Waals surface area contributed by atoms with Gasteiger partial charge in [0, 0.05) is 21.4 Å². The standard InChI is InChI=1S/C23H18Cl2N4OS/c24-20-11-9-17(10-12-20)14-30-22-8-4-2-5-18(22)13-27-29-16-26-28-23(29)31-15-19-6-1-3-7-21(19)25/h1-13,16H,14-15H2/b27-13+. The van der Waals surface area contributed by atoms with Gasteiger partial charge in [-0.05, 0) is 41.5 Å². The first-order valence-electron chi connectivity index (χ1n) is 9.46. The number of ether oxygens (including phenoxy) is 1. The molecule has 0 aliphatic rings. The number of thioether (sulfide) groups is 1. The largest absolute Gasteiger partial charge is 0.488 e. The van der Waals surface area contributed by atoms with Gasteiger partial charge in [0.25, 0.3) is 0 Å². The molecule has 0 unspecified atom stereocenters. The van der Waals surface area contributed by atoms with Crippen molar-refractivity contribution in [3.8, 4) is 5.75 Å². The van der Waals surface area contributed by atoms with Gasteiger partial charge in [0.05, 0.1) is 6.21 Å². The first-order chi connectivity index (χ1) is 15.2. The summed E-state index contributed by atoms with van der Waals surface area (Å²) >= 11 is 13.7. The lowest BCUT2D eigenvalue weighted by molar-refractivity contribution is 0.306. The lowest BCUT2D eigenvalue weighted by Crippen LogP contribution is -1.99. The SMILES string of the molecule is Clc1ccc(COc2ccccc2/C=N/n2cnnc2SCc2ccccc2Cl)cc1. The molecule has 4 aromatic rings. The number of hydrogen-bond acceptors (Lipinski definition) is 5. The van der Waals surface area contributed by atoms with E-state index in [0.29, 0.717) is 22.5 Å². The Kier molecular flexibility index (Phi) is 7.25. The van der Waals surface area contributed by atoms with Crippen molar-refractivity contribution in [1.82, 2.24) is 14.9 Å². The minimum Gasteiger partial charge on any atom is -0.488 e. The van der Waals surface area contributed by atoms with Crippen LogP contribution in [0.15, 0.2) is 89.4 Å². The first kappa shape index (κ1) is 21.4. The molecule has 4 rings (SSSR count). The molecule has 31 heavy (non-hydrogen) atoms. The number of nitrogens with zero attached hydrogens (tertiary/aromatic N) is 4. The van der Waals surface area contributed by atoms with Crippen LogP contribution < -0.4 is 4.74 Å². The van der Waals surface area contributed by atoms with E-state index in [1.165, 1.54) is 11.8 Å². The van der Waals surface area contributed by atoms with E-state index in [2.05, 4.69) is 15.3 Å². The molecule has 0 aliphatic heterocycles. The summed E-state index contributed by atoms with van der Waals surface area (Å²) in [7, 11) is 0. The predicted octanol–water partition coefficient (Wildman–Crippen LogP) is 6.34. The monoisotopic (exact) mass is 468 g/mol. The zero-order chi connectivity index (χ0) is 21.5. The Balaban J connectivity index is 1.44. The minimum atomic E-state index is 0.438. The van der Waals surface area contributed by atoms with Gasteiger partial charge in [-0.15, -0.1) is 10.2 Å². The molecular weight excluding hydrogens is 451 g/mol. The van der Waals surface area contributed by atoms with E-state index < -0.39 is 0 Å². The van der Waals surface area contributed by atoms with Crippen LogP contribution in [0.1, 0.15) is 16.7 Å². The molecule has 0 N–H and O–H groups in total. The highest BCUT2D eigenvalue weighted by molar-refractivity contribution is 7.98. The summed E-state index contributed by atoms with van der Waals surface area (Å²) in [6, 6.07) is 23.1. The van der Waals surface area contributed by atoms with E-state index in [1.54, 1.807) is 17.2 Å². The number of aromatic nitrogens is 3. The summed E-state index contributed by atoms with van der Waals surface area (Å²) in [4.78, 5) is 0. The normalized spacial score (nSPS) is 11.2. The van der Waals surface area contributed by atoms with Gasteiger partial charge in [-0.2, -0.15) is 9.78 Å². The second-order valence-electron chi connectivity index (χ2n) is 6.54. The number of halogens is 2. The van der Waals surface area contributed by atoms with Crippen molar-refractivity contribution in [2.75, 3.05) is 0 Å². The van der Waals surface area contributed by atoms with E-state index in [-0.39, 0.29) is 0 Å². The van der Waals surface area contributed by atoms with E-state index in [0.717, 1.165) is 27.5 Å². The van der Waals surface area contributed by atoms with E-state index in [9.17, 15) is 0 Å². The molecule has 0 atom stereocenters.